The van der Waals surface area contributed by atoms with Crippen molar-refractivity contribution in [1.82, 2.24) is 0 Å². The summed E-state index contributed by atoms with van der Waals surface area (Å²) < 4.78 is 1.26. The van der Waals surface area contributed by atoms with E-state index in [1.807, 2.05) is 24.6 Å². The summed E-state index contributed by atoms with van der Waals surface area (Å²) in [6.45, 7) is 10.6. The van der Waals surface area contributed by atoms with E-state index in [0.717, 1.165) is 0 Å². The lowest BCUT2D eigenvalue weighted by Gasteiger charge is -2.41. The van der Waals surface area contributed by atoms with Gasteiger partial charge in [-0.15, -0.1) is 0 Å². The molecular weight excluding hydrogens is 366 g/mol. The fraction of sp³-hybridized carbons (Fsp3) is 0.529. The van der Waals surface area contributed by atoms with Crippen LogP contribution in [-0.2, 0) is 16.1 Å². The van der Waals surface area contributed by atoms with E-state index in [1.165, 1.54) is 32.4 Å². The third-order valence-electron chi connectivity index (χ3n) is 4.17. The largest absolute Gasteiger partial charge is 1.00 e. The van der Waals surface area contributed by atoms with Crippen LogP contribution in [0.4, 0.5) is 5.69 Å². The molecule has 1 aromatic rings. The molecule has 2 aliphatic heterocycles. The minimum atomic E-state index is 0. The van der Waals surface area contributed by atoms with E-state index in [2.05, 4.69) is 44.3 Å². The van der Waals surface area contributed by atoms with Crippen LogP contribution in [0, 0.1) is 12.8 Å². The molecule has 0 spiro atoms. The Labute approximate surface area is 156 Å². The third-order valence-corrected chi connectivity index (χ3v) is 9.15. The molecule has 0 aliphatic carbocycles. The van der Waals surface area contributed by atoms with Crippen molar-refractivity contribution in [3.63, 3.8) is 0 Å². The van der Waals surface area contributed by atoms with Gasteiger partial charge in [0.05, 0.1) is 17.1 Å². The van der Waals surface area contributed by atoms with Crippen molar-refractivity contribution in [3.05, 3.63) is 29.3 Å². The van der Waals surface area contributed by atoms with Gasteiger partial charge in [0.1, 0.15) is 0 Å². The van der Waals surface area contributed by atoms with Crippen molar-refractivity contribution < 1.29 is 17.2 Å². The van der Waals surface area contributed by atoms with Gasteiger partial charge in [0.15, 0.2) is 0 Å². The number of carbonyl (C=O) groups excluding carboxylic acids is 1. The van der Waals surface area contributed by atoms with Crippen LogP contribution in [0.3, 0.4) is 0 Å². The van der Waals surface area contributed by atoms with E-state index >= 15 is 0 Å². The molecule has 0 aromatic heterocycles. The van der Waals surface area contributed by atoms with Crippen LogP contribution in [0.25, 0.3) is 0 Å². The molecule has 6 heteroatoms. The normalized spacial score (nSPS) is 26.3. The molecule has 1 aromatic carbocycles. The standard InChI is InChI=1S/C17H22NOS3.ClH/c1-9(2)15(19)20-16-13-11-8-10(3)6-7-12(11)18-17(4,5)14(13)21-22-16;/h6-9,13-14,18H,1-5H3;1H/q+1;/p-1. The highest BCUT2D eigenvalue weighted by atomic mass is 35.5. The summed E-state index contributed by atoms with van der Waals surface area (Å²) in [5.74, 6) is 0.419. The minimum Gasteiger partial charge on any atom is -1.00 e. The van der Waals surface area contributed by atoms with E-state index in [1.54, 1.807) is 10.8 Å². The van der Waals surface area contributed by atoms with Crippen LogP contribution in [0.2, 0.25) is 0 Å². The van der Waals surface area contributed by atoms with Gasteiger partial charge in [0, 0.05) is 22.0 Å². The molecular formula is C17H22ClNOS3. The lowest BCUT2D eigenvalue weighted by molar-refractivity contribution is -0.113. The molecule has 2 heterocycles. The van der Waals surface area contributed by atoms with Crippen molar-refractivity contribution in [2.45, 2.75) is 51.3 Å². The van der Waals surface area contributed by atoms with Gasteiger partial charge >= 0.3 is 5.12 Å². The number of halogens is 1. The summed E-state index contributed by atoms with van der Waals surface area (Å²) in [6.07, 6.45) is 0. The summed E-state index contributed by atoms with van der Waals surface area (Å²) in [7, 11) is 3.71. The molecule has 3 rings (SSSR count). The maximum atomic E-state index is 12.2. The Morgan fingerprint density at radius 3 is 2.70 bits per heavy atom. The summed E-state index contributed by atoms with van der Waals surface area (Å²) in [5.41, 5.74) is 3.87. The third kappa shape index (κ3) is 3.58. The van der Waals surface area contributed by atoms with Gasteiger partial charge in [-0.25, -0.2) is 4.79 Å². The zero-order chi connectivity index (χ0) is 16.1. The van der Waals surface area contributed by atoms with Crippen LogP contribution in [-0.4, -0.2) is 20.1 Å². The second-order valence-electron chi connectivity index (χ2n) is 6.91. The Bertz CT molecular complexity index is 657. The summed E-state index contributed by atoms with van der Waals surface area (Å²) in [5, 5.41) is 4.42. The van der Waals surface area contributed by atoms with E-state index < -0.39 is 0 Å². The number of hydrogen-bond donors (Lipinski definition) is 1. The molecule has 2 nitrogen and oxygen atoms in total. The molecule has 1 saturated heterocycles. The summed E-state index contributed by atoms with van der Waals surface area (Å²) in [6, 6.07) is 6.62. The number of aryl methyl sites for hydroxylation is 1. The molecule has 1 fully saturated rings. The Balaban J connectivity index is 0.00000192. The number of benzene rings is 1. The van der Waals surface area contributed by atoms with Crippen molar-refractivity contribution in [3.8, 4) is 0 Å². The van der Waals surface area contributed by atoms with Crippen LogP contribution < -0.4 is 17.7 Å². The first-order chi connectivity index (χ1) is 10.3. The molecule has 126 valence electrons. The second kappa shape index (κ2) is 6.95. The number of nitrogens with one attached hydrogen (secondary N) is 1. The fourth-order valence-electron chi connectivity index (χ4n) is 2.93. The maximum Gasteiger partial charge on any atom is 0.407 e. The highest BCUT2D eigenvalue weighted by Crippen LogP contribution is 2.56. The SMILES string of the molecule is Cc1ccc2c(c1)C1C(=[S+]C(=O)C(C)C)SSC1C(C)(C)N2.[Cl-]. The van der Waals surface area contributed by atoms with Crippen LogP contribution in [0.15, 0.2) is 18.2 Å². The Morgan fingerprint density at radius 1 is 1.35 bits per heavy atom. The second-order valence-corrected chi connectivity index (χ2v) is 10.6. The van der Waals surface area contributed by atoms with Crippen molar-refractivity contribution in [2.75, 3.05) is 5.32 Å². The topological polar surface area (TPSA) is 29.1 Å². The highest BCUT2D eigenvalue weighted by Gasteiger charge is 2.53. The molecule has 1 N–H and O–H groups in total. The van der Waals surface area contributed by atoms with Gasteiger partial charge in [-0.1, -0.05) is 42.3 Å². The van der Waals surface area contributed by atoms with Gasteiger partial charge in [-0.2, -0.15) is 0 Å². The van der Waals surface area contributed by atoms with Crippen molar-refractivity contribution in [1.29, 1.82) is 0 Å². The maximum absolute atomic E-state index is 12.2. The number of hydrogen-bond acceptors (Lipinski definition) is 4. The predicted molar refractivity (Wildman–Crippen MR) is 103 cm³/mol. The minimum absolute atomic E-state index is 0. The Morgan fingerprint density at radius 2 is 2.04 bits per heavy atom. The zero-order valence-corrected chi connectivity index (χ0v) is 17.2. The quantitative estimate of drug-likeness (QED) is 0.448. The molecule has 0 saturated carbocycles. The number of fused-ring (bicyclic) bond motifs is 3. The average Bonchev–Trinajstić information content (AvgIpc) is 2.84. The van der Waals surface area contributed by atoms with E-state index in [9.17, 15) is 4.79 Å². The van der Waals surface area contributed by atoms with Crippen molar-refractivity contribution >= 4 is 47.9 Å². The molecule has 23 heavy (non-hydrogen) atoms. The lowest BCUT2D eigenvalue weighted by Crippen LogP contribution is -3.00. The zero-order valence-electron chi connectivity index (χ0n) is 14.0. The lowest BCUT2D eigenvalue weighted by atomic mass is 9.80. The first-order valence-corrected chi connectivity index (χ1v) is 10.6. The summed E-state index contributed by atoms with van der Waals surface area (Å²) in [4.78, 5) is 12.2. The molecule has 2 aliphatic rings. The van der Waals surface area contributed by atoms with E-state index in [-0.39, 0.29) is 29.0 Å². The molecule has 0 amide bonds. The molecule has 0 bridgehead atoms. The van der Waals surface area contributed by atoms with Crippen LogP contribution >= 0.6 is 21.6 Å². The Hall–Kier alpha value is -0.230. The first kappa shape index (κ1) is 19.1. The molecule has 2 unspecified atom stereocenters. The number of carbonyl (C=O) groups is 1. The monoisotopic (exact) mass is 387 g/mol. The van der Waals surface area contributed by atoms with E-state index in [4.69, 9.17) is 0 Å². The smallest absolute Gasteiger partial charge is 0.407 e. The highest BCUT2D eigenvalue weighted by molar-refractivity contribution is 8.84. The van der Waals surface area contributed by atoms with Gasteiger partial charge in [0.2, 0.25) is 0 Å². The Kier molecular flexibility index (Phi) is 5.77. The predicted octanol–water partition coefficient (Wildman–Crippen LogP) is 1.45. The van der Waals surface area contributed by atoms with Crippen molar-refractivity contribution in [2.24, 2.45) is 5.92 Å². The first-order valence-electron chi connectivity index (χ1n) is 7.60. The summed E-state index contributed by atoms with van der Waals surface area (Å²) >= 11 is 1.46. The fourth-order valence-corrected chi connectivity index (χ4v) is 8.18. The molecule has 0 radical (unpaired) electrons. The molecule has 2 atom stereocenters. The van der Waals surface area contributed by atoms with Crippen LogP contribution in [0.5, 0.6) is 0 Å². The van der Waals surface area contributed by atoms with E-state index in [0.29, 0.717) is 11.2 Å². The number of rotatable bonds is 1. The number of anilines is 1. The average molecular weight is 388 g/mol. The van der Waals surface area contributed by atoms with Gasteiger partial charge in [-0.3, -0.25) is 0 Å². The van der Waals surface area contributed by atoms with Gasteiger partial charge in [-0.05, 0) is 32.4 Å². The van der Waals surface area contributed by atoms with Gasteiger partial charge < -0.3 is 17.7 Å². The van der Waals surface area contributed by atoms with Crippen LogP contribution in [0.1, 0.15) is 44.7 Å². The van der Waals surface area contributed by atoms with Gasteiger partial charge in [0.25, 0.3) is 15.5 Å².